The van der Waals surface area contributed by atoms with Crippen LogP contribution < -0.4 is 10.1 Å². The molecule has 4 aromatic rings. The summed E-state index contributed by atoms with van der Waals surface area (Å²) in [6.45, 7) is -0.0598. The van der Waals surface area contributed by atoms with Crippen LogP contribution in [0, 0.1) is 0 Å². The van der Waals surface area contributed by atoms with Crippen LogP contribution in [-0.2, 0) is 11.3 Å². The Morgan fingerprint density at radius 2 is 1.88 bits per heavy atom. The van der Waals surface area contributed by atoms with Gasteiger partial charge in [0.25, 0.3) is 0 Å². The number of aromatic nitrogens is 6. The summed E-state index contributed by atoms with van der Waals surface area (Å²) in [6.07, 6.45) is 4.71. The van der Waals surface area contributed by atoms with Gasteiger partial charge in [0.15, 0.2) is 0 Å². The van der Waals surface area contributed by atoms with Gasteiger partial charge >= 0.3 is 0 Å². The molecule has 0 aliphatic heterocycles. The van der Waals surface area contributed by atoms with Crippen LogP contribution in [0.5, 0.6) is 5.75 Å². The summed E-state index contributed by atoms with van der Waals surface area (Å²) in [6, 6.07) is 19.2. The molecule has 2 aromatic heterocycles. The van der Waals surface area contributed by atoms with E-state index in [0.717, 1.165) is 29.8 Å². The highest BCUT2D eigenvalue weighted by Crippen LogP contribution is 2.35. The number of carbonyl (C=O) groups excluding carboxylic acids is 1. The van der Waals surface area contributed by atoms with E-state index in [1.807, 2.05) is 60.7 Å². The first-order valence-corrected chi connectivity index (χ1v) is 11.1. The van der Waals surface area contributed by atoms with Crippen molar-refractivity contribution in [2.24, 2.45) is 0 Å². The number of amides is 1. The SMILES string of the molecule is COc1cccc(-c2nnn(CC(=O)Nc3cc(C4CCCC4)nn3-c3ccccc3)n2)c1. The minimum absolute atomic E-state index is 0.0598. The third-order valence-corrected chi connectivity index (χ3v) is 5.84. The van der Waals surface area contributed by atoms with E-state index in [-0.39, 0.29) is 12.5 Å². The lowest BCUT2D eigenvalue weighted by molar-refractivity contribution is -0.117. The van der Waals surface area contributed by atoms with Crippen LogP contribution in [-0.4, -0.2) is 43.0 Å². The standard InChI is InChI=1S/C24H25N7O2/c1-33-20-13-7-10-18(14-20)24-26-29-30(28-24)16-23(32)25-22-15-21(17-8-5-6-9-17)27-31(22)19-11-3-2-4-12-19/h2-4,7,10-15,17H,5-6,8-9,16H2,1H3,(H,25,32). The smallest absolute Gasteiger partial charge is 0.249 e. The molecule has 0 radical (unpaired) electrons. The summed E-state index contributed by atoms with van der Waals surface area (Å²) < 4.78 is 7.04. The monoisotopic (exact) mass is 443 g/mol. The van der Waals surface area contributed by atoms with E-state index in [9.17, 15) is 4.79 Å². The van der Waals surface area contributed by atoms with Gasteiger partial charge in [0.05, 0.1) is 18.5 Å². The lowest BCUT2D eigenvalue weighted by atomic mass is 10.0. The highest BCUT2D eigenvalue weighted by Gasteiger charge is 2.22. The second-order valence-corrected chi connectivity index (χ2v) is 8.11. The molecule has 0 atom stereocenters. The van der Waals surface area contributed by atoms with Crippen LogP contribution in [0.4, 0.5) is 5.82 Å². The van der Waals surface area contributed by atoms with Crippen molar-refractivity contribution < 1.29 is 9.53 Å². The molecule has 9 heteroatoms. The maximum atomic E-state index is 12.8. The number of methoxy groups -OCH3 is 1. The molecule has 1 fully saturated rings. The van der Waals surface area contributed by atoms with Gasteiger partial charge < -0.3 is 10.1 Å². The number of hydrogen-bond acceptors (Lipinski definition) is 6. The van der Waals surface area contributed by atoms with E-state index in [4.69, 9.17) is 9.84 Å². The number of anilines is 1. The minimum Gasteiger partial charge on any atom is -0.497 e. The molecule has 5 rings (SSSR count). The van der Waals surface area contributed by atoms with Crippen molar-refractivity contribution in [3.8, 4) is 22.8 Å². The molecule has 168 valence electrons. The van der Waals surface area contributed by atoms with E-state index in [0.29, 0.717) is 23.3 Å². The number of benzene rings is 2. The number of carbonyl (C=O) groups is 1. The first-order chi connectivity index (χ1) is 16.2. The van der Waals surface area contributed by atoms with Crippen LogP contribution >= 0.6 is 0 Å². The summed E-state index contributed by atoms with van der Waals surface area (Å²) in [5.74, 6) is 1.96. The third-order valence-electron chi connectivity index (χ3n) is 5.84. The van der Waals surface area contributed by atoms with Crippen molar-refractivity contribution in [2.75, 3.05) is 12.4 Å². The minimum atomic E-state index is -0.250. The Kier molecular flexibility index (Phi) is 5.84. The van der Waals surface area contributed by atoms with E-state index in [1.54, 1.807) is 11.8 Å². The van der Waals surface area contributed by atoms with Crippen LogP contribution in [0.3, 0.4) is 0 Å². The van der Waals surface area contributed by atoms with Crippen molar-refractivity contribution in [2.45, 2.75) is 38.1 Å². The molecule has 1 aliphatic carbocycles. The summed E-state index contributed by atoms with van der Waals surface area (Å²) in [4.78, 5) is 14.1. The van der Waals surface area contributed by atoms with Gasteiger partial charge in [-0.3, -0.25) is 4.79 Å². The number of rotatable bonds is 7. The third kappa shape index (κ3) is 4.62. The van der Waals surface area contributed by atoms with Gasteiger partial charge in [0.2, 0.25) is 11.7 Å². The molecule has 1 saturated carbocycles. The van der Waals surface area contributed by atoms with Gasteiger partial charge in [-0.25, -0.2) is 4.68 Å². The molecule has 0 unspecified atom stereocenters. The molecule has 2 aromatic carbocycles. The van der Waals surface area contributed by atoms with Gasteiger partial charge in [-0.2, -0.15) is 9.90 Å². The summed E-state index contributed by atoms with van der Waals surface area (Å²) in [7, 11) is 1.60. The molecule has 0 saturated heterocycles. The van der Waals surface area contributed by atoms with Gasteiger partial charge in [-0.1, -0.05) is 43.2 Å². The van der Waals surface area contributed by atoms with Crippen LogP contribution in [0.15, 0.2) is 60.7 Å². The Hall–Kier alpha value is -4.01. The first-order valence-electron chi connectivity index (χ1n) is 11.1. The highest BCUT2D eigenvalue weighted by molar-refractivity contribution is 5.90. The zero-order valence-corrected chi connectivity index (χ0v) is 18.4. The number of nitrogens with one attached hydrogen (secondary N) is 1. The second-order valence-electron chi connectivity index (χ2n) is 8.11. The topological polar surface area (TPSA) is 99.8 Å². The second kappa shape index (κ2) is 9.23. The molecule has 2 heterocycles. The molecule has 0 bridgehead atoms. The van der Waals surface area contributed by atoms with E-state index < -0.39 is 0 Å². The predicted molar refractivity (Wildman–Crippen MR) is 123 cm³/mol. The zero-order chi connectivity index (χ0) is 22.6. The lowest BCUT2D eigenvalue weighted by Gasteiger charge is -2.08. The molecular weight excluding hydrogens is 418 g/mol. The zero-order valence-electron chi connectivity index (χ0n) is 18.4. The fraction of sp³-hybridized carbons (Fsp3) is 0.292. The average Bonchev–Trinajstić information content (AvgIpc) is 3.61. The number of hydrogen-bond donors (Lipinski definition) is 1. The quantitative estimate of drug-likeness (QED) is 0.466. The van der Waals surface area contributed by atoms with Crippen LogP contribution in [0.2, 0.25) is 0 Å². The summed E-state index contributed by atoms with van der Waals surface area (Å²) in [5.41, 5.74) is 2.69. The van der Waals surface area contributed by atoms with Crippen molar-refractivity contribution in [1.29, 1.82) is 0 Å². The van der Waals surface area contributed by atoms with E-state index in [1.165, 1.54) is 17.6 Å². The lowest BCUT2D eigenvalue weighted by Crippen LogP contribution is -2.22. The highest BCUT2D eigenvalue weighted by atomic mass is 16.5. The maximum Gasteiger partial charge on any atom is 0.249 e. The van der Waals surface area contributed by atoms with Crippen molar-refractivity contribution in [3.05, 3.63) is 66.4 Å². The molecule has 1 N–H and O–H groups in total. The molecule has 33 heavy (non-hydrogen) atoms. The largest absolute Gasteiger partial charge is 0.497 e. The van der Waals surface area contributed by atoms with Crippen LogP contribution in [0.1, 0.15) is 37.3 Å². The fourth-order valence-corrected chi connectivity index (χ4v) is 4.17. The van der Waals surface area contributed by atoms with Crippen molar-refractivity contribution >= 4 is 11.7 Å². The Labute approximate surface area is 191 Å². The summed E-state index contributed by atoms with van der Waals surface area (Å²) in [5, 5.41) is 20.2. The number of nitrogens with zero attached hydrogens (tertiary/aromatic N) is 6. The summed E-state index contributed by atoms with van der Waals surface area (Å²) >= 11 is 0. The Morgan fingerprint density at radius 1 is 1.06 bits per heavy atom. The Morgan fingerprint density at radius 3 is 2.67 bits per heavy atom. The molecule has 9 nitrogen and oxygen atoms in total. The van der Waals surface area contributed by atoms with Gasteiger partial charge in [0.1, 0.15) is 18.1 Å². The molecule has 1 aliphatic rings. The Bertz CT molecular complexity index is 1240. The van der Waals surface area contributed by atoms with Gasteiger partial charge in [-0.05, 0) is 42.3 Å². The molecular formula is C24H25N7O2. The normalized spacial score (nSPS) is 13.8. The number of tetrazole rings is 1. The number of ether oxygens (including phenoxy) is 1. The maximum absolute atomic E-state index is 12.8. The van der Waals surface area contributed by atoms with Crippen LogP contribution in [0.25, 0.3) is 17.1 Å². The van der Waals surface area contributed by atoms with E-state index in [2.05, 4.69) is 20.7 Å². The van der Waals surface area contributed by atoms with Crippen molar-refractivity contribution in [1.82, 2.24) is 30.0 Å². The predicted octanol–water partition coefficient (Wildman–Crippen LogP) is 3.83. The molecule has 0 spiro atoms. The first kappa shape index (κ1) is 20.9. The van der Waals surface area contributed by atoms with Gasteiger partial charge in [0, 0.05) is 17.5 Å². The fourth-order valence-electron chi connectivity index (χ4n) is 4.17. The van der Waals surface area contributed by atoms with Gasteiger partial charge in [-0.15, -0.1) is 10.2 Å². The van der Waals surface area contributed by atoms with E-state index >= 15 is 0 Å². The molecule has 1 amide bonds. The Balaban J connectivity index is 1.34. The average molecular weight is 444 g/mol. The number of para-hydroxylation sites is 1. The van der Waals surface area contributed by atoms with Crippen molar-refractivity contribution in [3.63, 3.8) is 0 Å².